The summed E-state index contributed by atoms with van der Waals surface area (Å²) >= 11 is 0. The molecule has 2 heteroatoms. The first-order valence-electron chi connectivity index (χ1n) is 7.57. The van der Waals surface area contributed by atoms with Crippen LogP contribution in [0.15, 0.2) is 24.3 Å². The molecule has 5 aliphatic rings. The van der Waals surface area contributed by atoms with Gasteiger partial charge in [-0.1, -0.05) is 31.2 Å². The Labute approximate surface area is 112 Å². The number of Topliss-reactive ketones (excluding diaryl/α,β-unsaturated/α-hetero) is 2. The summed E-state index contributed by atoms with van der Waals surface area (Å²) in [7, 11) is 0. The van der Waals surface area contributed by atoms with Crippen molar-refractivity contribution in [2.75, 3.05) is 0 Å². The molecule has 0 aliphatic heterocycles. The van der Waals surface area contributed by atoms with Crippen molar-refractivity contribution < 1.29 is 9.59 Å². The zero-order valence-corrected chi connectivity index (χ0v) is 11.1. The zero-order valence-electron chi connectivity index (χ0n) is 11.1. The largest absolute Gasteiger partial charge is 0.299 e. The molecule has 3 fully saturated rings. The predicted octanol–water partition coefficient (Wildman–Crippen LogP) is 2.40. The first-order chi connectivity index (χ1) is 9.12. The highest BCUT2D eigenvalue weighted by Gasteiger charge is 2.69. The molecule has 98 valence electrons. The molecule has 5 rings (SSSR count). The van der Waals surface area contributed by atoms with Crippen LogP contribution in [0.3, 0.4) is 0 Å². The molecule has 5 aliphatic carbocycles. The Morgan fingerprint density at radius 3 is 2.42 bits per heavy atom. The minimum atomic E-state index is -0.379. The van der Waals surface area contributed by atoms with E-state index in [1.54, 1.807) is 0 Å². The molecule has 3 saturated carbocycles. The molecule has 19 heavy (non-hydrogen) atoms. The van der Waals surface area contributed by atoms with Crippen molar-refractivity contribution in [1.82, 2.24) is 0 Å². The van der Waals surface area contributed by atoms with Gasteiger partial charge in [-0.05, 0) is 36.5 Å². The van der Waals surface area contributed by atoms with Gasteiger partial charge in [0, 0.05) is 23.2 Å². The maximum Gasteiger partial charge on any atom is 0.144 e. The van der Waals surface area contributed by atoms with Gasteiger partial charge in [-0.15, -0.1) is 0 Å². The molecule has 4 bridgehead atoms. The zero-order chi connectivity index (χ0) is 12.9. The molecule has 0 spiro atoms. The van der Waals surface area contributed by atoms with E-state index in [0.717, 1.165) is 12.8 Å². The molecule has 2 nitrogen and oxygen atoms in total. The maximum absolute atomic E-state index is 13.1. The highest BCUT2D eigenvalue weighted by molar-refractivity contribution is 6.04. The van der Waals surface area contributed by atoms with Crippen molar-refractivity contribution in [2.24, 2.45) is 46.8 Å². The Balaban J connectivity index is 1.70. The predicted molar refractivity (Wildman–Crippen MR) is 70.1 cm³/mol. The summed E-state index contributed by atoms with van der Waals surface area (Å²) in [6.45, 7) is 2.08. The Kier molecular flexibility index (Phi) is 1.64. The number of hydrogen-bond donors (Lipinski definition) is 0. The third kappa shape index (κ3) is 0.936. The van der Waals surface area contributed by atoms with Gasteiger partial charge in [0.15, 0.2) is 0 Å². The third-order valence-corrected chi connectivity index (χ3v) is 6.89. The van der Waals surface area contributed by atoms with Crippen molar-refractivity contribution in [2.45, 2.75) is 19.8 Å². The monoisotopic (exact) mass is 254 g/mol. The number of fused-ring (bicyclic) bond motifs is 10. The summed E-state index contributed by atoms with van der Waals surface area (Å²) < 4.78 is 0. The molecular formula is C17H18O2. The van der Waals surface area contributed by atoms with E-state index in [2.05, 4.69) is 31.2 Å². The first kappa shape index (κ1) is 10.6. The number of carbonyl (C=O) groups is 2. The van der Waals surface area contributed by atoms with Crippen LogP contribution in [0, 0.1) is 46.8 Å². The van der Waals surface area contributed by atoms with Crippen LogP contribution < -0.4 is 0 Å². The van der Waals surface area contributed by atoms with Crippen molar-refractivity contribution in [3.8, 4) is 0 Å². The molecule has 8 atom stereocenters. The normalized spacial score (nSPS) is 59.9. The number of carbonyl (C=O) groups excluding carboxylic acids is 2. The summed E-state index contributed by atoms with van der Waals surface area (Å²) in [5, 5.41) is 0. The molecule has 0 heterocycles. The quantitative estimate of drug-likeness (QED) is 0.622. The van der Waals surface area contributed by atoms with Crippen LogP contribution in [-0.4, -0.2) is 11.6 Å². The van der Waals surface area contributed by atoms with Gasteiger partial charge in [0.2, 0.25) is 0 Å². The van der Waals surface area contributed by atoms with Gasteiger partial charge in [0.05, 0.1) is 0 Å². The maximum atomic E-state index is 13.1. The lowest BCUT2D eigenvalue weighted by atomic mass is 9.53. The van der Waals surface area contributed by atoms with E-state index < -0.39 is 0 Å². The van der Waals surface area contributed by atoms with Gasteiger partial charge in [-0.3, -0.25) is 9.59 Å². The van der Waals surface area contributed by atoms with Crippen molar-refractivity contribution in [3.05, 3.63) is 24.3 Å². The Hall–Kier alpha value is -1.18. The Morgan fingerprint density at radius 2 is 1.63 bits per heavy atom. The molecule has 0 saturated heterocycles. The fraction of sp³-hybridized carbons (Fsp3) is 0.647. The van der Waals surface area contributed by atoms with Gasteiger partial charge in [-0.25, -0.2) is 0 Å². The summed E-state index contributed by atoms with van der Waals surface area (Å²) in [5.41, 5.74) is -0.379. The first-order valence-corrected chi connectivity index (χ1v) is 7.57. The van der Waals surface area contributed by atoms with Crippen LogP contribution in [0.1, 0.15) is 19.8 Å². The number of hydrogen-bond acceptors (Lipinski definition) is 2. The summed E-state index contributed by atoms with van der Waals surface area (Å²) in [6, 6.07) is 0. The molecule has 0 aromatic heterocycles. The average Bonchev–Trinajstić information content (AvgIpc) is 3.12. The Morgan fingerprint density at radius 1 is 0.947 bits per heavy atom. The fourth-order valence-electron chi connectivity index (χ4n) is 6.07. The second kappa shape index (κ2) is 2.94. The molecule has 0 N–H and O–H groups in total. The summed E-state index contributed by atoms with van der Waals surface area (Å²) in [4.78, 5) is 26.1. The minimum absolute atomic E-state index is 0.0102. The molecule has 0 unspecified atom stereocenters. The lowest BCUT2D eigenvalue weighted by Crippen LogP contribution is -2.56. The standard InChI is InChI=1S/C17H18O2/c1-17-11-5-4-10(7-11)14(17)15(18)12-8-2-3-9(6-8)13(12)16(17)19/h2-5,8-14H,6-7H2,1H3/t8-,9+,10+,11-,12-,13+,14+,17+/m0/s1. The topological polar surface area (TPSA) is 34.1 Å². The van der Waals surface area contributed by atoms with Gasteiger partial charge < -0.3 is 0 Å². The highest BCUT2D eigenvalue weighted by Crippen LogP contribution is 2.65. The lowest BCUT2D eigenvalue weighted by molar-refractivity contribution is -0.155. The summed E-state index contributed by atoms with van der Waals surface area (Å²) in [5.74, 6) is 2.23. The number of ketones is 2. The average molecular weight is 254 g/mol. The van der Waals surface area contributed by atoms with E-state index in [1.165, 1.54) is 0 Å². The Bertz CT molecular complexity index is 572. The van der Waals surface area contributed by atoms with E-state index in [1.807, 2.05) is 0 Å². The van der Waals surface area contributed by atoms with Crippen molar-refractivity contribution >= 4 is 11.6 Å². The van der Waals surface area contributed by atoms with Gasteiger partial charge >= 0.3 is 0 Å². The minimum Gasteiger partial charge on any atom is -0.299 e. The lowest BCUT2D eigenvalue weighted by Gasteiger charge is -2.47. The van der Waals surface area contributed by atoms with Crippen LogP contribution in [0.2, 0.25) is 0 Å². The fourth-order valence-corrected chi connectivity index (χ4v) is 6.07. The summed E-state index contributed by atoms with van der Waals surface area (Å²) in [6.07, 6.45) is 10.9. The van der Waals surface area contributed by atoms with Crippen LogP contribution in [0.5, 0.6) is 0 Å². The molecule has 0 radical (unpaired) electrons. The van der Waals surface area contributed by atoms with Crippen LogP contribution in [0.25, 0.3) is 0 Å². The SMILES string of the molecule is C[C@]12C(=O)[C@H]3[C@@H](C(=O)[C@H]1[C@@H]1C=C[C@H]2C1)[C@H]1C=C[C@@H]3C1. The smallest absolute Gasteiger partial charge is 0.144 e. The van der Waals surface area contributed by atoms with E-state index >= 15 is 0 Å². The van der Waals surface area contributed by atoms with Crippen LogP contribution in [-0.2, 0) is 9.59 Å². The molecular weight excluding hydrogens is 236 g/mol. The number of allylic oxidation sites excluding steroid dienone is 4. The van der Waals surface area contributed by atoms with E-state index in [9.17, 15) is 9.59 Å². The second-order valence-electron chi connectivity index (χ2n) is 7.42. The van der Waals surface area contributed by atoms with E-state index in [4.69, 9.17) is 0 Å². The van der Waals surface area contributed by atoms with Gasteiger partial charge in [0.1, 0.15) is 11.6 Å². The molecule has 0 amide bonds. The highest BCUT2D eigenvalue weighted by atomic mass is 16.1. The third-order valence-electron chi connectivity index (χ3n) is 6.89. The van der Waals surface area contributed by atoms with Crippen LogP contribution in [0.4, 0.5) is 0 Å². The van der Waals surface area contributed by atoms with Gasteiger partial charge in [0.25, 0.3) is 0 Å². The van der Waals surface area contributed by atoms with E-state index in [-0.39, 0.29) is 23.2 Å². The van der Waals surface area contributed by atoms with Crippen molar-refractivity contribution in [1.29, 1.82) is 0 Å². The second-order valence-corrected chi connectivity index (χ2v) is 7.42. The molecule has 0 aromatic carbocycles. The van der Waals surface area contributed by atoms with Gasteiger partial charge in [-0.2, -0.15) is 0 Å². The van der Waals surface area contributed by atoms with Crippen LogP contribution >= 0.6 is 0 Å². The van der Waals surface area contributed by atoms with Crippen molar-refractivity contribution in [3.63, 3.8) is 0 Å². The van der Waals surface area contributed by atoms with E-state index in [0.29, 0.717) is 35.2 Å². The number of rotatable bonds is 0. The molecule has 0 aromatic rings.